The van der Waals surface area contributed by atoms with Crippen LogP contribution >= 0.6 is 0 Å². The van der Waals surface area contributed by atoms with Crippen LogP contribution < -0.4 is 10.6 Å². The van der Waals surface area contributed by atoms with Crippen LogP contribution in [0.15, 0.2) is 48.5 Å². The molecule has 0 aliphatic heterocycles. The van der Waals surface area contributed by atoms with Crippen LogP contribution in [0.5, 0.6) is 5.75 Å². The van der Waals surface area contributed by atoms with E-state index < -0.39 is 0 Å². The third-order valence-electron chi connectivity index (χ3n) is 3.78. The highest BCUT2D eigenvalue weighted by molar-refractivity contribution is 6.02. The van der Waals surface area contributed by atoms with Crippen molar-refractivity contribution >= 4 is 29.3 Å². The van der Waals surface area contributed by atoms with Crippen molar-refractivity contribution in [3.8, 4) is 5.75 Å². The molecular formula is C21H24N2O3. The Kier molecular flexibility index (Phi) is 5.82. The molecular weight excluding hydrogens is 328 g/mol. The number of phenolic OH excluding ortho intramolecular Hbond substituents is 1. The van der Waals surface area contributed by atoms with E-state index in [1.54, 1.807) is 12.1 Å². The molecule has 3 N–H and O–H groups in total. The first-order valence-corrected chi connectivity index (χ1v) is 8.35. The SMILES string of the molecule is CC(=O)Nc1ccc(NC(=O)C=Cc2ccc(C(C)(C)C)cc2)cc1O. The van der Waals surface area contributed by atoms with E-state index >= 15 is 0 Å². The summed E-state index contributed by atoms with van der Waals surface area (Å²) in [5.74, 6) is -0.700. The number of carbonyl (C=O) groups is 2. The maximum absolute atomic E-state index is 12.0. The van der Waals surface area contributed by atoms with Crippen LogP contribution in [0.3, 0.4) is 0 Å². The van der Waals surface area contributed by atoms with Gasteiger partial charge in [0, 0.05) is 24.8 Å². The molecule has 2 amide bonds. The Morgan fingerprint density at radius 2 is 1.65 bits per heavy atom. The third-order valence-corrected chi connectivity index (χ3v) is 3.78. The number of rotatable bonds is 4. The number of aromatic hydroxyl groups is 1. The molecule has 2 aromatic rings. The summed E-state index contributed by atoms with van der Waals surface area (Å²) in [6.07, 6.45) is 3.16. The summed E-state index contributed by atoms with van der Waals surface area (Å²) in [6, 6.07) is 12.6. The number of nitrogens with one attached hydrogen (secondary N) is 2. The number of benzene rings is 2. The van der Waals surface area contributed by atoms with Crippen LogP contribution in [0.4, 0.5) is 11.4 Å². The summed E-state index contributed by atoms with van der Waals surface area (Å²) in [6.45, 7) is 7.81. The van der Waals surface area contributed by atoms with E-state index in [1.165, 1.54) is 30.7 Å². The molecule has 5 heteroatoms. The Bertz CT molecular complexity index is 831. The molecule has 0 aromatic heterocycles. The van der Waals surface area contributed by atoms with Crippen molar-refractivity contribution in [3.63, 3.8) is 0 Å². The number of carbonyl (C=O) groups excluding carboxylic acids is 2. The molecule has 26 heavy (non-hydrogen) atoms. The molecule has 0 bridgehead atoms. The lowest BCUT2D eigenvalue weighted by Gasteiger charge is -2.18. The van der Waals surface area contributed by atoms with Crippen LogP contribution in [-0.4, -0.2) is 16.9 Å². The minimum absolute atomic E-state index is 0.0883. The predicted molar refractivity (Wildman–Crippen MR) is 105 cm³/mol. The van der Waals surface area contributed by atoms with Gasteiger partial charge in [0.25, 0.3) is 0 Å². The summed E-state index contributed by atoms with van der Waals surface area (Å²) in [5.41, 5.74) is 2.98. The predicted octanol–water partition coefficient (Wildman–Crippen LogP) is 4.30. The molecule has 0 atom stereocenters. The second-order valence-electron chi connectivity index (χ2n) is 7.11. The van der Waals surface area contributed by atoms with Gasteiger partial charge in [-0.1, -0.05) is 45.0 Å². The first-order chi connectivity index (χ1) is 12.1. The average molecular weight is 352 g/mol. The lowest BCUT2D eigenvalue weighted by atomic mass is 9.87. The smallest absolute Gasteiger partial charge is 0.248 e. The van der Waals surface area contributed by atoms with Crippen LogP contribution in [0.25, 0.3) is 6.08 Å². The first-order valence-electron chi connectivity index (χ1n) is 8.35. The van der Waals surface area contributed by atoms with Gasteiger partial charge in [0.1, 0.15) is 5.75 Å². The zero-order valence-electron chi connectivity index (χ0n) is 15.5. The second kappa shape index (κ2) is 7.87. The molecule has 136 valence electrons. The molecule has 0 aliphatic rings. The molecule has 0 aliphatic carbocycles. The Labute approximate surface area is 153 Å². The van der Waals surface area contributed by atoms with Crippen LogP contribution in [0.2, 0.25) is 0 Å². The van der Waals surface area contributed by atoms with E-state index in [9.17, 15) is 14.7 Å². The Morgan fingerprint density at radius 1 is 1.00 bits per heavy atom. The fourth-order valence-corrected chi connectivity index (χ4v) is 2.35. The molecule has 0 fully saturated rings. The molecule has 2 aromatic carbocycles. The topological polar surface area (TPSA) is 78.4 Å². The highest BCUT2D eigenvalue weighted by Gasteiger charge is 2.12. The Morgan fingerprint density at radius 3 is 2.19 bits per heavy atom. The van der Waals surface area contributed by atoms with Gasteiger partial charge in [0.05, 0.1) is 5.69 Å². The van der Waals surface area contributed by atoms with Crippen molar-refractivity contribution in [1.82, 2.24) is 0 Å². The maximum atomic E-state index is 12.0. The number of hydrogen-bond donors (Lipinski definition) is 3. The van der Waals surface area contributed by atoms with E-state index in [1.807, 2.05) is 12.1 Å². The maximum Gasteiger partial charge on any atom is 0.248 e. The van der Waals surface area contributed by atoms with Crippen LogP contribution in [-0.2, 0) is 15.0 Å². The molecule has 0 spiro atoms. The third kappa shape index (κ3) is 5.48. The van der Waals surface area contributed by atoms with Crippen molar-refractivity contribution in [3.05, 3.63) is 59.7 Å². The highest BCUT2D eigenvalue weighted by atomic mass is 16.3. The molecule has 0 radical (unpaired) electrons. The van der Waals surface area contributed by atoms with E-state index in [4.69, 9.17) is 0 Å². The molecule has 0 unspecified atom stereocenters. The first kappa shape index (κ1) is 19.2. The molecule has 0 saturated carbocycles. The minimum Gasteiger partial charge on any atom is -0.506 e. The van der Waals surface area contributed by atoms with Gasteiger partial charge in [-0.3, -0.25) is 9.59 Å². The number of phenols is 1. The second-order valence-corrected chi connectivity index (χ2v) is 7.11. The van der Waals surface area contributed by atoms with E-state index in [0.717, 1.165) is 5.56 Å². The lowest BCUT2D eigenvalue weighted by molar-refractivity contribution is -0.114. The Hall–Kier alpha value is -3.08. The molecule has 0 heterocycles. The van der Waals surface area contributed by atoms with Gasteiger partial charge in [-0.15, -0.1) is 0 Å². The van der Waals surface area contributed by atoms with Crippen molar-refractivity contribution in [1.29, 1.82) is 0 Å². The standard InChI is InChI=1S/C21H24N2O3/c1-14(24)22-18-11-10-17(13-19(18)25)23-20(26)12-7-15-5-8-16(9-6-15)21(2,3)4/h5-13,25H,1-4H3,(H,22,24)(H,23,26). The van der Waals surface area contributed by atoms with Gasteiger partial charge in [0.15, 0.2) is 0 Å². The van der Waals surface area contributed by atoms with Gasteiger partial charge in [-0.25, -0.2) is 0 Å². The highest BCUT2D eigenvalue weighted by Crippen LogP contribution is 2.27. The van der Waals surface area contributed by atoms with Gasteiger partial charge < -0.3 is 15.7 Å². The zero-order valence-corrected chi connectivity index (χ0v) is 15.5. The van der Waals surface area contributed by atoms with Crippen molar-refractivity contribution in [2.45, 2.75) is 33.1 Å². The van der Waals surface area contributed by atoms with Crippen molar-refractivity contribution in [2.24, 2.45) is 0 Å². The fourth-order valence-electron chi connectivity index (χ4n) is 2.35. The average Bonchev–Trinajstić information content (AvgIpc) is 2.55. The quantitative estimate of drug-likeness (QED) is 0.567. The zero-order chi connectivity index (χ0) is 19.3. The van der Waals surface area contributed by atoms with Crippen molar-refractivity contribution < 1.29 is 14.7 Å². The summed E-state index contributed by atoms with van der Waals surface area (Å²) < 4.78 is 0. The largest absolute Gasteiger partial charge is 0.506 e. The van der Waals surface area contributed by atoms with Crippen LogP contribution in [0.1, 0.15) is 38.8 Å². The van der Waals surface area contributed by atoms with Gasteiger partial charge >= 0.3 is 0 Å². The monoisotopic (exact) mass is 352 g/mol. The fraction of sp³-hybridized carbons (Fsp3) is 0.238. The summed E-state index contributed by atoms with van der Waals surface area (Å²) in [5, 5.41) is 15.0. The molecule has 0 saturated heterocycles. The number of amides is 2. The molecule has 2 rings (SSSR count). The summed E-state index contributed by atoms with van der Waals surface area (Å²) in [4.78, 5) is 23.1. The summed E-state index contributed by atoms with van der Waals surface area (Å²) >= 11 is 0. The number of hydrogen-bond acceptors (Lipinski definition) is 3. The van der Waals surface area contributed by atoms with E-state index in [2.05, 4.69) is 43.5 Å². The van der Waals surface area contributed by atoms with Gasteiger partial charge in [-0.2, -0.15) is 0 Å². The van der Waals surface area contributed by atoms with E-state index in [-0.39, 0.29) is 23.0 Å². The lowest BCUT2D eigenvalue weighted by Crippen LogP contribution is -2.10. The summed E-state index contributed by atoms with van der Waals surface area (Å²) in [7, 11) is 0. The van der Waals surface area contributed by atoms with Crippen molar-refractivity contribution in [2.75, 3.05) is 10.6 Å². The minimum atomic E-state index is -0.309. The van der Waals surface area contributed by atoms with Gasteiger partial charge in [0.2, 0.25) is 11.8 Å². The van der Waals surface area contributed by atoms with Crippen LogP contribution in [0, 0.1) is 0 Å². The normalized spacial score (nSPS) is 11.4. The van der Waals surface area contributed by atoms with E-state index in [0.29, 0.717) is 11.4 Å². The Balaban J connectivity index is 2.01. The van der Waals surface area contributed by atoms with Gasteiger partial charge in [-0.05, 0) is 34.8 Å². The number of anilines is 2. The molecule has 5 nitrogen and oxygen atoms in total.